The highest BCUT2D eigenvalue weighted by Crippen LogP contribution is 2.22. The van der Waals surface area contributed by atoms with Crippen molar-refractivity contribution in [3.8, 4) is 0 Å². The van der Waals surface area contributed by atoms with Crippen LogP contribution in [0.15, 0.2) is 6.07 Å². The molecule has 0 saturated heterocycles. The van der Waals surface area contributed by atoms with Gasteiger partial charge in [0.05, 0.1) is 0 Å². The van der Waals surface area contributed by atoms with E-state index in [9.17, 15) is 9.59 Å². The van der Waals surface area contributed by atoms with Crippen molar-refractivity contribution in [2.24, 2.45) is 0 Å². The molecule has 1 aromatic rings. The van der Waals surface area contributed by atoms with E-state index in [1.54, 1.807) is 11.3 Å². The van der Waals surface area contributed by atoms with Crippen molar-refractivity contribution in [2.75, 3.05) is 0 Å². The van der Waals surface area contributed by atoms with E-state index in [-0.39, 0.29) is 5.91 Å². The Morgan fingerprint density at radius 3 is 2.47 bits per heavy atom. The molecule has 0 radical (unpaired) electrons. The third kappa shape index (κ3) is 4.67. The summed E-state index contributed by atoms with van der Waals surface area (Å²) >= 11 is 1.76. The topological polar surface area (TPSA) is 66.4 Å². The van der Waals surface area contributed by atoms with Crippen molar-refractivity contribution >= 4 is 23.2 Å². The smallest absolute Gasteiger partial charge is 0.328 e. The van der Waals surface area contributed by atoms with Crippen LogP contribution in [0.3, 0.4) is 0 Å². The van der Waals surface area contributed by atoms with Gasteiger partial charge in [-0.1, -0.05) is 0 Å². The monoisotopic (exact) mass is 283 g/mol. The van der Waals surface area contributed by atoms with Crippen molar-refractivity contribution < 1.29 is 14.7 Å². The van der Waals surface area contributed by atoms with Gasteiger partial charge in [0, 0.05) is 16.2 Å². The average molecular weight is 283 g/mol. The van der Waals surface area contributed by atoms with Gasteiger partial charge in [-0.3, -0.25) is 4.79 Å². The molecule has 0 aliphatic heterocycles. The van der Waals surface area contributed by atoms with E-state index in [4.69, 9.17) is 5.11 Å². The van der Waals surface area contributed by atoms with E-state index < -0.39 is 11.5 Å². The van der Waals surface area contributed by atoms with Gasteiger partial charge < -0.3 is 10.4 Å². The number of aliphatic carboxylic acids is 1. The molecule has 1 rings (SSSR count). The number of hydrogen-bond donors (Lipinski definition) is 2. The maximum atomic E-state index is 11.7. The lowest BCUT2D eigenvalue weighted by Gasteiger charge is -2.20. The van der Waals surface area contributed by atoms with Gasteiger partial charge in [-0.25, -0.2) is 4.79 Å². The fourth-order valence-electron chi connectivity index (χ4n) is 1.84. The number of rotatable bonds is 6. The zero-order valence-corrected chi connectivity index (χ0v) is 12.7. The minimum absolute atomic E-state index is 0.211. The SMILES string of the molecule is Cc1cc(CCCC(=O)NC(C)(C)C(=O)O)c(C)s1. The van der Waals surface area contributed by atoms with Crippen LogP contribution < -0.4 is 5.32 Å². The standard InChI is InChI=1S/C14H21NO3S/c1-9-8-11(10(2)19-9)6-5-7-12(16)15-14(3,4)13(17)18/h8H,5-7H2,1-4H3,(H,15,16)(H,17,18). The Morgan fingerprint density at radius 1 is 1.37 bits per heavy atom. The van der Waals surface area contributed by atoms with Crippen LogP contribution in [-0.4, -0.2) is 22.5 Å². The van der Waals surface area contributed by atoms with Crippen molar-refractivity contribution in [1.82, 2.24) is 5.32 Å². The van der Waals surface area contributed by atoms with E-state index in [1.807, 2.05) is 0 Å². The fraction of sp³-hybridized carbons (Fsp3) is 0.571. The Bertz CT molecular complexity index is 477. The van der Waals surface area contributed by atoms with Gasteiger partial charge in [0.15, 0.2) is 0 Å². The second-order valence-corrected chi connectivity index (χ2v) is 6.73. The highest BCUT2D eigenvalue weighted by molar-refractivity contribution is 7.12. The predicted octanol–water partition coefficient (Wildman–Crippen LogP) is 2.67. The molecule has 0 bridgehead atoms. The van der Waals surface area contributed by atoms with Crippen LogP contribution in [0.5, 0.6) is 0 Å². The molecule has 0 unspecified atom stereocenters. The van der Waals surface area contributed by atoms with Crippen LogP contribution in [0.4, 0.5) is 0 Å². The first-order chi connectivity index (χ1) is 8.72. The van der Waals surface area contributed by atoms with E-state index in [0.717, 1.165) is 12.8 Å². The summed E-state index contributed by atoms with van der Waals surface area (Å²) in [6, 6.07) is 2.15. The predicted molar refractivity (Wildman–Crippen MR) is 76.6 cm³/mol. The summed E-state index contributed by atoms with van der Waals surface area (Å²) < 4.78 is 0. The Kier molecular flexibility index (Phi) is 5.11. The highest BCUT2D eigenvalue weighted by Gasteiger charge is 2.28. The van der Waals surface area contributed by atoms with Crippen LogP contribution >= 0.6 is 11.3 Å². The summed E-state index contributed by atoms with van der Waals surface area (Å²) in [6.07, 6.45) is 1.95. The molecule has 0 fully saturated rings. The van der Waals surface area contributed by atoms with Crippen LogP contribution in [0.1, 0.15) is 42.0 Å². The maximum Gasteiger partial charge on any atom is 0.328 e. The van der Waals surface area contributed by atoms with Gasteiger partial charge in [-0.15, -0.1) is 11.3 Å². The number of aryl methyl sites for hydroxylation is 3. The molecule has 0 aromatic carbocycles. The van der Waals surface area contributed by atoms with Crippen LogP contribution in [0, 0.1) is 13.8 Å². The van der Waals surface area contributed by atoms with E-state index >= 15 is 0 Å². The summed E-state index contributed by atoms with van der Waals surface area (Å²) in [6.45, 7) is 7.13. The number of carboxylic acids is 1. The lowest BCUT2D eigenvalue weighted by molar-refractivity contribution is -0.146. The number of carboxylic acid groups (broad SMARTS) is 1. The van der Waals surface area contributed by atoms with Crippen molar-refractivity contribution in [1.29, 1.82) is 0 Å². The number of carbonyl (C=O) groups is 2. The van der Waals surface area contributed by atoms with Crippen LogP contribution in [-0.2, 0) is 16.0 Å². The molecule has 0 aliphatic carbocycles. The third-order valence-electron chi connectivity index (χ3n) is 2.98. The molecule has 4 nitrogen and oxygen atoms in total. The molecule has 1 amide bonds. The first-order valence-electron chi connectivity index (χ1n) is 6.32. The molecule has 0 spiro atoms. The molecule has 106 valence electrons. The lowest BCUT2D eigenvalue weighted by atomic mass is 10.0. The molecule has 0 aliphatic rings. The number of thiophene rings is 1. The molecular weight excluding hydrogens is 262 g/mol. The Labute approximate surface area is 117 Å². The first-order valence-corrected chi connectivity index (χ1v) is 7.14. The molecule has 0 atom stereocenters. The van der Waals surface area contributed by atoms with E-state index in [2.05, 4.69) is 25.2 Å². The number of amides is 1. The number of nitrogens with one attached hydrogen (secondary N) is 1. The molecule has 0 saturated carbocycles. The van der Waals surface area contributed by atoms with Crippen molar-refractivity contribution in [3.63, 3.8) is 0 Å². The van der Waals surface area contributed by atoms with Gasteiger partial charge in [0.2, 0.25) is 5.91 Å². The lowest BCUT2D eigenvalue weighted by Crippen LogP contribution is -2.49. The number of carbonyl (C=O) groups excluding carboxylic acids is 1. The van der Waals surface area contributed by atoms with Crippen LogP contribution in [0.25, 0.3) is 0 Å². The van der Waals surface area contributed by atoms with E-state index in [1.165, 1.54) is 29.2 Å². The molecule has 1 heterocycles. The first kappa shape index (κ1) is 15.7. The third-order valence-corrected chi connectivity index (χ3v) is 3.99. The van der Waals surface area contributed by atoms with Crippen molar-refractivity contribution in [2.45, 2.75) is 52.5 Å². The summed E-state index contributed by atoms with van der Waals surface area (Å²) in [5.74, 6) is -1.23. The molecule has 2 N–H and O–H groups in total. The Hall–Kier alpha value is -1.36. The van der Waals surface area contributed by atoms with Crippen LogP contribution in [0.2, 0.25) is 0 Å². The van der Waals surface area contributed by atoms with Gasteiger partial charge >= 0.3 is 5.97 Å². The zero-order chi connectivity index (χ0) is 14.6. The Balaban J connectivity index is 2.39. The maximum absolute atomic E-state index is 11.7. The quantitative estimate of drug-likeness (QED) is 0.843. The van der Waals surface area contributed by atoms with Gasteiger partial charge in [0.1, 0.15) is 5.54 Å². The van der Waals surface area contributed by atoms with Gasteiger partial charge in [-0.2, -0.15) is 0 Å². The molecule has 1 aromatic heterocycles. The normalized spacial score (nSPS) is 11.4. The minimum Gasteiger partial charge on any atom is -0.480 e. The van der Waals surface area contributed by atoms with E-state index in [0.29, 0.717) is 6.42 Å². The minimum atomic E-state index is -1.20. The number of hydrogen-bond acceptors (Lipinski definition) is 3. The highest BCUT2D eigenvalue weighted by atomic mass is 32.1. The summed E-state index contributed by atoms with van der Waals surface area (Å²) in [7, 11) is 0. The molecule has 19 heavy (non-hydrogen) atoms. The molecular formula is C14H21NO3S. The fourth-order valence-corrected chi connectivity index (χ4v) is 2.81. The van der Waals surface area contributed by atoms with Gasteiger partial charge in [-0.05, 0) is 52.2 Å². The summed E-state index contributed by atoms with van der Waals surface area (Å²) in [4.78, 5) is 25.1. The zero-order valence-electron chi connectivity index (χ0n) is 11.9. The van der Waals surface area contributed by atoms with Crippen molar-refractivity contribution in [3.05, 3.63) is 21.4 Å². The Morgan fingerprint density at radius 2 is 2.00 bits per heavy atom. The largest absolute Gasteiger partial charge is 0.480 e. The van der Waals surface area contributed by atoms with Gasteiger partial charge in [0.25, 0.3) is 0 Å². The second kappa shape index (κ2) is 6.19. The summed E-state index contributed by atoms with van der Waals surface area (Å²) in [5, 5.41) is 11.4. The second-order valence-electron chi connectivity index (χ2n) is 5.27. The molecule has 5 heteroatoms. The summed E-state index contributed by atoms with van der Waals surface area (Å²) in [5.41, 5.74) is 0.0826. The average Bonchev–Trinajstić information content (AvgIpc) is 2.56.